The van der Waals surface area contributed by atoms with Crippen molar-refractivity contribution in [3.63, 3.8) is 0 Å². The van der Waals surface area contributed by atoms with Crippen LogP contribution in [0.2, 0.25) is 78.6 Å². The molecule has 0 saturated carbocycles. The Balaban J connectivity index is 3.74. The van der Waals surface area contributed by atoms with E-state index in [1.165, 1.54) is 12.8 Å². The number of nitrogens with zero attached hydrogens (tertiary/aromatic N) is 2. The molecule has 0 bridgehead atoms. The molecule has 9 heteroatoms. The van der Waals surface area contributed by atoms with Crippen LogP contribution in [0.4, 0.5) is 0 Å². The Kier molecular flexibility index (Phi) is 8.29. The van der Waals surface area contributed by atoms with Crippen molar-refractivity contribution in [2.75, 3.05) is 6.61 Å². The predicted octanol–water partition coefficient (Wildman–Crippen LogP) is 6.02. The van der Waals surface area contributed by atoms with Gasteiger partial charge in [-0.15, -0.1) is 0 Å². The third kappa shape index (κ3) is 5.89. The fourth-order valence-electron chi connectivity index (χ4n) is 5.15. The van der Waals surface area contributed by atoms with Gasteiger partial charge in [-0.05, 0) is 0 Å². The topological polar surface area (TPSA) is 15.7 Å². The van der Waals surface area contributed by atoms with Gasteiger partial charge in [-0.2, -0.15) is 0 Å². The molecule has 1 aliphatic heterocycles. The molecule has 0 spiro atoms. The molecule has 0 radical (unpaired) electrons. The quantitative estimate of drug-likeness (QED) is 0.251. The molecular weight excluding hydrogens is 594 g/mol. The Hall–Kier alpha value is 2.28. The number of hydrogen-bond acceptors (Lipinski definition) is 3. The molecule has 1 aliphatic rings. The van der Waals surface area contributed by atoms with Crippen molar-refractivity contribution in [1.82, 2.24) is 4.91 Å². The molecule has 0 aromatic carbocycles. The summed E-state index contributed by atoms with van der Waals surface area (Å²) >= 11 is 0.115. The Labute approximate surface area is 176 Å². The third-order valence-electron chi connectivity index (χ3n) is 4.65. The molecule has 25 heavy (non-hydrogen) atoms. The van der Waals surface area contributed by atoms with E-state index in [-0.39, 0.29) is 0 Å². The van der Waals surface area contributed by atoms with Gasteiger partial charge in [0.15, 0.2) is 0 Å². The molecule has 1 fully saturated rings. The van der Waals surface area contributed by atoms with Crippen LogP contribution in [0.15, 0.2) is 0 Å². The van der Waals surface area contributed by atoms with E-state index in [0.717, 1.165) is 6.61 Å². The van der Waals surface area contributed by atoms with Gasteiger partial charge >= 0.3 is 178 Å². The van der Waals surface area contributed by atoms with E-state index in [4.69, 9.17) is 4.74 Å². The van der Waals surface area contributed by atoms with Crippen molar-refractivity contribution >= 4 is 66.5 Å². The molecule has 0 N–H and O–H groups in total. The summed E-state index contributed by atoms with van der Waals surface area (Å²) in [5.41, 5.74) is 0. The minimum absolute atomic E-state index is 0.548. The van der Waals surface area contributed by atoms with Gasteiger partial charge in [-0.25, -0.2) is 0 Å². The van der Waals surface area contributed by atoms with Gasteiger partial charge in [0.1, 0.15) is 0 Å². The van der Waals surface area contributed by atoms with E-state index in [1.807, 2.05) is 0 Å². The summed E-state index contributed by atoms with van der Waals surface area (Å²) in [6.07, 6.45) is 2.57. The molecule has 0 aromatic heterocycles. The Morgan fingerprint density at radius 3 is 1.24 bits per heavy atom. The molecular formula is C16H43IN2OSi4Sn. The van der Waals surface area contributed by atoms with Gasteiger partial charge in [0.2, 0.25) is 0 Å². The molecule has 3 nitrogen and oxygen atoms in total. The minimum atomic E-state index is -2.96. The van der Waals surface area contributed by atoms with Crippen molar-refractivity contribution in [3.05, 3.63) is 0 Å². The normalized spacial score (nSPS) is 21.5. The summed E-state index contributed by atoms with van der Waals surface area (Å²) in [4.78, 5) is 0. The second-order valence-electron chi connectivity index (χ2n) is 11.5. The first-order chi connectivity index (χ1) is 10.8. The first-order valence-corrected chi connectivity index (χ1v) is 36.1. The molecule has 150 valence electrons. The van der Waals surface area contributed by atoms with Crippen LogP contribution in [0.25, 0.3) is 0 Å². The van der Waals surface area contributed by atoms with Gasteiger partial charge in [-0.1, -0.05) is 0 Å². The van der Waals surface area contributed by atoms with Crippen LogP contribution in [0.1, 0.15) is 12.8 Å². The summed E-state index contributed by atoms with van der Waals surface area (Å²) in [5, 5.41) is 0. The maximum atomic E-state index is 6.55. The van der Waals surface area contributed by atoms with E-state index in [1.54, 1.807) is 0 Å². The summed E-state index contributed by atoms with van der Waals surface area (Å²) in [6, 6.07) is 0. The number of halogens is 1. The van der Waals surface area contributed by atoms with Crippen molar-refractivity contribution in [2.45, 2.75) is 95.5 Å². The second-order valence-corrected chi connectivity index (χ2v) is 55.3. The molecule has 1 saturated heterocycles. The molecule has 1 atom stereocenters. The van der Waals surface area contributed by atoms with E-state index < -0.39 is 47.9 Å². The molecule has 1 heterocycles. The zero-order valence-corrected chi connectivity index (χ0v) is 27.9. The SMILES string of the molecule is C[Si](C)(C)[N]([Si](C)(C)C)[Sn]([I])([CH]1CCCO1)[N]([Si](C)(C)C)[Si](C)(C)C. The van der Waals surface area contributed by atoms with Crippen LogP contribution in [-0.4, -0.2) is 63.5 Å². The van der Waals surface area contributed by atoms with Crippen molar-refractivity contribution in [3.8, 4) is 0 Å². The summed E-state index contributed by atoms with van der Waals surface area (Å²) < 4.78 is 13.6. The van der Waals surface area contributed by atoms with Crippen LogP contribution in [0, 0.1) is 0 Å². The summed E-state index contributed by atoms with van der Waals surface area (Å²) in [5.74, 6) is 0. The fourth-order valence-corrected chi connectivity index (χ4v) is 133. The van der Waals surface area contributed by atoms with Crippen LogP contribution >= 0.6 is 18.6 Å². The van der Waals surface area contributed by atoms with Gasteiger partial charge in [0.25, 0.3) is 0 Å². The molecule has 0 aliphatic carbocycles. The van der Waals surface area contributed by atoms with Gasteiger partial charge in [-0.3, -0.25) is 0 Å². The van der Waals surface area contributed by atoms with Gasteiger partial charge in [0.05, 0.1) is 0 Å². The second kappa shape index (κ2) is 8.19. The number of hydrogen-bond donors (Lipinski definition) is 0. The monoisotopic (exact) mass is 638 g/mol. The standard InChI is InChI=1S/2C6H18NSi2.C4H7O.HI.Sn/c2*1-8(2,3)7-9(4,5)6;1-2-4-5-3-1;;/h2*1-6H3;3H,1-2,4H2;1H;/q2*-1;;;+3/p-1. The molecule has 0 aromatic rings. The average Bonchev–Trinajstić information content (AvgIpc) is 2.71. The van der Waals surface area contributed by atoms with Crippen molar-refractivity contribution < 1.29 is 4.74 Å². The first-order valence-electron chi connectivity index (χ1n) is 9.75. The Bertz CT molecular complexity index is 403. The maximum absolute atomic E-state index is 6.55. The van der Waals surface area contributed by atoms with Crippen LogP contribution < -0.4 is 0 Å². The predicted molar refractivity (Wildman–Crippen MR) is 136 cm³/mol. The van der Waals surface area contributed by atoms with Crippen LogP contribution in [0.3, 0.4) is 0 Å². The van der Waals surface area contributed by atoms with E-state index in [2.05, 4.69) is 102 Å². The van der Waals surface area contributed by atoms with Gasteiger partial charge < -0.3 is 0 Å². The Morgan fingerprint density at radius 2 is 1.04 bits per heavy atom. The summed E-state index contributed by atoms with van der Waals surface area (Å²) in [7, 11) is -5.77. The summed E-state index contributed by atoms with van der Waals surface area (Å²) in [6.45, 7) is 32.1. The van der Waals surface area contributed by atoms with E-state index in [0.29, 0.717) is 4.12 Å². The zero-order valence-electron chi connectivity index (χ0n) is 18.9. The van der Waals surface area contributed by atoms with Crippen molar-refractivity contribution in [2.24, 2.45) is 0 Å². The molecule has 1 rings (SSSR count). The first kappa shape index (κ1) is 25.3. The van der Waals surface area contributed by atoms with E-state index >= 15 is 0 Å². The van der Waals surface area contributed by atoms with Gasteiger partial charge in [0, 0.05) is 0 Å². The van der Waals surface area contributed by atoms with E-state index in [9.17, 15) is 0 Å². The molecule has 1 unspecified atom stereocenters. The third-order valence-corrected chi connectivity index (χ3v) is 80.8. The number of rotatable bonds is 7. The number of ether oxygens (including phenoxy) is 1. The van der Waals surface area contributed by atoms with Crippen molar-refractivity contribution in [1.29, 1.82) is 0 Å². The average molecular weight is 637 g/mol. The fraction of sp³-hybridized carbons (Fsp3) is 1.00. The Morgan fingerprint density at radius 1 is 0.720 bits per heavy atom. The van der Waals surface area contributed by atoms with Crippen LogP contribution in [0.5, 0.6) is 0 Å². The molecule has 0 amide bonds. The zero-order chi connectivity index (χ0) is 20.1. The van der Waals surface area contributed by atoms with Crippen LogP contribution in [-0.2, 0) is 4.74 Å².